The van der Waals surface area contributed by atoms with Gasteiger partial charge in [0, 0.05) is 10.9 Å². The number of aromatic amines is 1. The molecule has 0 bridgehead atoms. The van der Waals surface area contributed by atoms with E-state index in [1.165, 1.54) is 25.7 Å². The summed E-state index contributed by atoms with van der Waals surface area (Å²) in [5, 5.41) is 14.9. The van der Waals surface area contributed by atoms with Gasteiger partial charge in [0.25, 0.3) is 5.56 Å². The van der Waals surface area contributed by atoms with Gasteiger partial charge in [-0.25, -0.2) is 4.98 Å². The highest BCUT2D eigenvalue weighted by molar-refractivity contribution is 6.04. The number of H-pyrrole nitrogens is 1. The first-order chi connectivity index (χ1) is 12.6. The molecule has 130 valence electrons. The fraction of sp³-hybridized carbons (Fsp3) is 0.105. The van der Waals surface area contributed by atoms with Gasteiger partial charge in [0.1, 0.15) is 17.4 Å². The summed E-state index contributed by atoms with van der Waals surface area (Å²) < 4.78 is 6.16. The lowest BCUT2D eigenvalue weighted by atomic mass is 10.2. The van der Waals surface area contributed by atoms with Crippen LogP contribution in [-0.4, -0.2) is 33.1 Å². The molecule has 0 atom stereocenters. The molecule has 4 aromatic rings. The van der Waals surface area contributed by atoms with Gasteiger partial charge in [-0.2, -0.15) is 9.78 Å². The largest absolute Gasteiger partial charge is 0.504 e. The molecule has 0 amide bonds. The van der Waals surface area contributed by atoms with Crippen LogP contribution in [0.15, 0.2) is 52.6 Å². The van der Waals surface area contributed by atoms with Crippen LogP contribution in [0.4, 0.5) is 0 Å². The lowest BCUT2D eigenvalue weighted by Crippen LogP contribution is -2.17. The second-order valence-corrected chi connectivity index (χ2v) is 5.97. The molecule has 0 saturated carbocycles. The SMILES string of the molecule is COc1ccc(/C=N\n2cnc3c([nH]c4ccc(C)cc43)c2=O)cc1O. The summed E-state index contributed by atoms with van der Waals surface area (Å²) >= 11 is 0. The molecule has 0 saturated heterocycles. The number of aromatic hydroxyl groups is 1. The third-order valence-corrected chi connectivity index (χ3v) is 4.18. The molecule has 0 radical (unpaired) electrons. The molecule has 2 aromatic carbocycles. The Balaban J connectivity index is 1.77. The molecule has 0 fully saturated rings. The smallest absolute Gasteiger partial charge is 0.298 e. The van der Waals surface area contributed by atoms with Crippen molar-refractivity contribution in [1.29, 1.82) is 0 Å². The summed E-state index contributed by atoms with van der Waals surface area (Å²) in [6.45, 7) is 1.99. The number of fused-ring (bicyclic) bond motifs is 3. The van der Waals surface area contributed by atoms with Crippen LogP contribution in [0.5, 0.6) is 11.5 Å². The van der Waals surface area contributed by atoms with Crippen molar-refractivity contribution in [2.45, 2.75) is 6.92 Å². The topological polar surface area (TPSA) is 92.5 Å². The standard InChI is InChI=1S/C19H16N4O3/c1-11-3-5-14-13(7-11)17-18(22-14)19(25)23(10-20-17)21-9-12-4-6-16(26-2)15(24)8-12/h3-10,22,24H,1-2H3/b21-9-. The molecule has 4 rings (SSSR count). The Hall–Kier alpha value is -3.61. The number of nitrogens with zero attached hydrogens (tertiary/aromatic N) is 3. The van der Waals surface area contributed by atoms with Gasteiger partial charge in [0.15, 0.2) is 11.5 Å². The van der Waals surface area contributed by atoms with Crippen molar-refractivity contribution in [1.82, 2.24) is 14.6 Å². The Kier molecular flexibility index (Phi) is 3.69. The lowest BCUT2D eigenvalue weighted by molar-refractivity contribution is 0.373. The Labute approximate surface area is 148 Å². The molecule has 0 unspecified atom stereocenters. The highest BCUT2D eigenvalue weighted by Crippen LogP contribution is 2.25. The molecular weight excluding hydrogens is 332 g/mol. The summed E-state index contributed by atoms with van der Waals surface area (Å²) in [5.74, 6) is 0.374. The third kappa shape index (κ3) is 2.59. The Morgan fingerprint density at radius 3 is 2.88 bits per heavy atom. The van der Waals surface area contributed by atoms with E-state index in [0.717, 1.165) is 21.1 Å². The van der Waals surface area contributed by atoms with Gasteiger partial charge in [-0.15, -0.1) is 0 Å². The molecule has 2 N–H and O–H groups in total. The number of aromatic nitrogens is 3. The first kappa shape index (κ1) is 15.9. The van der Waals surface area contributed by atoms with Gasteiger partial charge in [0.05, 0.1) is 13.3 Å². The number of hydrogen-bond acceptors (Lipinski definition) is 5. The summed E-state index contributed by atoms with van der Waals surface area (Å²) in [4.78, 5) is 20.2. The molecule has 2 heterocycles. The van der Waals surface area contributed by atoms with Crippen molar-refractivity contribution < 1.29 is 9.84 Å². The maximum absolute atomic E-state index is 12.7. The molecule has 0 aliphatic rings. The number of ether oxygens (including phenoxy) is 1. The average Bonchev–Trinajstić information content (AvgIpc) is 3.00. The minimum atomic E-state index is -0.294. The number of phenolic OH excluding ortho intramolecular Hbond substituents is 1. The Bertz CT molecular complexity index is 1220. The molecule has 0 aliphatic heterocycles. The normalized spacial score (nSPS) is 11.6. The van der Waals surface area contributed by atoms with E-state index in [1.54, 1.807) is 12.1 Å². The predicted molar refractivity (Wildman–Crippen MR) is 100 cm³/mol. The van der Waals surface area contributed by atoms with Crippen LogP contribution in [0.25, 0.3) is 21.9 Å². The summed E-state index contributed by atoms with van der Waals surface area (Å²) in [6.07, 6.45) is 2.86. The third-order valence-electron chi connectivity index (χ3n) is 4.18. The second kappa shape index (κ2) is 6.03. The molecule has 7 heteroatoms. The van der Waals surface area contributed by atoms with E-state index < -0.39 is 0 Å². The quantitative estimate of drug-likeness (QED) is 0.557. The summed E-state index contributed by atoms with van der Waals surface area (Å²) in [5.41, 5.74) is 3.32. The van der Waals surface area contributed by atoms with Crippen LogP contribution >= 0.6 is 0 Å². The highest BCUT2D eigenvalue weighted by Gasteiger charge is 2.10. The fourth-order valence-corrected chi connectivity index (χ4v) is 2.86. The Morgan fingerprint density at radius 1 is 1.27 bits per heavy atom. The monoisotopic (exact) mass is 348 g/mol. The highest BCUT2D eigenvalue weighted by atomic mass is 16.5. The zero-order valence-corrected chi connectivity index (χ0v) is 14.2. The number of aryl methyl sites for hydroxylation is 1. The first-order valence-corrected chi connectivity index (χ1v) is 7.98. The summed E-state index contributed by atoms with van der Waals surface area (Å²) in [7, 11) is 1.48. The van der Waals surface area contributed by atoms with E-state index in [0.29, 0.717) is 22.3 Å². The second-order valence-electron chi connectivity index (χ2n) is 5.97. The molecule has 2 aromatic heterocycles. The van der Waals surface area contributed by atoms with E-state index in [4.69, 9.17) is 4.74 Å². The summed E-state index contributed by atoms with van der Waals surface area (Å²) in [6, 6.07) is 10.8. The molecule has 26 heavy (non-hydrogen) atoms. The fourth-order valence-electron chi connectivity index (χ4n) is 2.86. The van der Waals surface area contributed by atoms with Gasteiger partial charge in [-0.3, -0.25) is 4.79 Å². The van der Waals surface area contributed by atoms with E-state index in [1.807, 2.05) is 25.1 Å². The van der Waals surface area contributed by atoms with Crippen molar-refractivity contribution >= 4 is 28.2 Å². The predicted octanol–water partition coefficient (Wildman–Crippen LogP) is 2.78. The minimum absolute atomic E-state index is 0.00311. The number of hydrogen-bond donors (Lipinski definition) is 2. The van der Waals surface area contributed by atoms with Crippen molar-refractivity contribution in [2.75, 3.05) is 7.11 Å². The van der Waals surface area contributed by atoms with Gasteiger partial charge >= 0.3 is 0 Å². The average molecular weight is 348 g/mol. The van der Waals surface area contributed by atoms with E-state index >= 15 is 0 Å². The van der Waals surface area contributed by atoms with Gasteiger partial charge in [0.2, 0.25) is 0 Å². The van der Waals surface area contributed by atoms with Crippen LogP contribution < -0.4 is 10.3 Å². The van der Waals surface area contributed by atoms with Crippen LogP contribution in [0.2, 0.25) is 0 Å². The Morgan fingerprint density at radius 2 is 2.12 bits per heavy atom. The number of benzene rings is 2. The van der Waals surface area contributed by atoms with Crippen molar-refractivity contribution in [3.8, 4) is 11.5 Å². The number of rotatable bonds is 3. The van der Waals surface area contributed by atoms with Gasteiger partial charge < -0.3 is 14.8 Å². The van der Waals surface area contributed by atoms with Crippen LogP contribution in [0.1, 0.15) is 11.1 Å². The van der Waals surface area contributed by atoms with Gasteiger partial charge in [-0.05, 0) is 42.8 Å². The molecule has 0 spiro atoms. The van der Waals surface area contributed by atoms with E-state index in [-0.39, 0.29) is 11.3 Å². The molecular formula is C19H16N4O3. The maximum atomic E-state index is 12.7. The van der Waals surface area contributed by atoms with Gasteiger partial charge in [-0.1, -0.05) is 11.6 Å². The van der Waals surface area contributed by atoms with Crippen LogP contribution in [0.3, 0.4) is 0 Å². The zero-order valence-electron chi connectivity index (χ0n) is 14.2. The number of methoxy groups -OCH3 is 1. The minimum Gasteiger partial charge on any atom is -0.504 e. The first-order valence-electron chi connectivity index (χ1n) is 7.98. The van der Waals surface area contributed by atoms with Crippen LogP contribution in [-0.2, 0) is 0 Å². The van der Waals surface area contributed by atoms with Crippen molar-refractivity contribution in [3.05, 3.63) is 64.2 Å². The van der Waals surface area contributed by atoms with E-state index in [2.05, 4.69) is 15.1 Å². The number of nitrogens with one attached hydrogen (secondary N) is 1. The lowest BCUT2D eigenvalue weighted by Gasteiger charge is -2.03. The van der Waals surface area contributed by atoms with E-state index in [9.17, 15) is 9.90 Å². The zero-order chi connectivity index (χ0) is 18.3. The van der Waals surface area contributed by atoms with Crippen molar-refractivity contribution in [3.63, 3.8) is 0 Å². The molecule has 0 aliphatic carbocycles. The van der Waals surface area contributed by atoms with Crippen LogP contribution in [0, 0.1) is 6.92 Å². The maximum Gasteiger partial charge on any atom is 0.298 e. The molecule has 7 nitrogen and oxygen atoms in total. The van der Waals surface area contributed by atoms with Crippen molar-refractivity contribution in [2.24, 2.45) is 5.10 Å². The number of phenols is 1.